The first kappa shape index (κ1) is 14.9. The molecule has 1 N–H and O–H groups in total. The van der Waals surface area contributed by atoms with E-state index in [1.54, 1.807) is 24.3 Å². The lowest BCUT2D eigenvalue weighted by Gasteiger charge is -2.14. The third-order valence-corrected chi connectivity index (χ3v) is 4.22. The summed E-state index contributed by atoms with van der Waals surface area (Å²) in [6, 6.07) is 12.8. The molecule has 2 aromatic rings. The number of carbonyl (C=O) groups excluding carboxylic acids is 1. The highest BCUT2D eigenvalue weighted by molar-refractivity contribution is 9.10. The fourth-order valence-corrected chi connectivity index (χ4v) is 2.26. The van der Waals surface area contributed by atoms with Gasteiger partial charge >= 0.3 is 0 Å². The van der Waals surface area contributed by atoms with Crippen molar-refractivity contribution in [2.24, 2.45) is 0 Å². The molecule has 0 heterocycles. The van der Waals surface area contributed by atoms with Gasteiger partial charge in [0.2, 0.25) is 0 Å². The van der Waals surface area contributed by atoms with E-state index in [4.69, 9.17) is 11.6 Å². The minimum atomic E-state index is -0.170. The lowest BCUT2D eigenvalue weighted by atomic mass is 10.1. The molecule has 0 aliphatic rings. The van der Waals surface area contributed by atoms with Gasteiger partial charge in [-0.2, -0.15) is 0 Å². The molecule has 0 saturated carbocycles. The molecule has 0 saturated heterocycles. The van der Waals surface area contributed by atoms with Crippen molar-refractivity contribution in [3.8, 4) is 0 Å². The van der Waals surface area contributed by atoms with Crippen LogP contribution in [0.3, 0.4) is 0 Å². The highest BCUT2D eigenvalue weighted by atomic mass is 79.9. The van der Waals surface area contributed by atoms with Gasteiger partial charge in [0.1, 0.15) is 0 Å². The van der Waals surface area contributed by atoms with E-state index in [2.05, 4.69) is 21.2 Å². The number of carbonyl (C=O) groups is 1. The minimum Gasteiger partial charge on any atom is -0.378 e. The molecule has 3 nitrogen and oxygen atoms in total. The maximum Gasteiger partial charge on any atom is 0.255 e. The lowest BCUT2D eigenvalue weighted by Crippen LogP contribution is -2.14. The fraction of sp³-hybridized carbons (Fsp3) is 0.133. The van der Waals surface area contributed by atoms with Gasteiger partial charge in [0.25, 0.3) is 5.91 Å². The summed E-state index contributed by atoms with van der Waals surface area (Å²) < 4.78 is 0.679. The standard InChI is InChI=1S/C15H14BrClN2O/c1-19(2)11-6-3-5-10(9-11)15(20)18-13-8-4-7-12(17)14(13)16/h3-9H,1-2H3,(H,18,20). The maximum absolute atomic E-state index is 12.3. The molecular formula is C15H14BrClN2O. The largest absolute Gasteiger partial charge is 0.378 e. The van der Waals surface area contributed by atoms with Gasteiger partial charge in [-0.25, -0.2) is 0 Å². The van der Waals surface area contributed by atoms with Crippen LogP contribution in [-0.4, -0.2) is 20.0 Å². The van der Waals surface area contributed by atoms with Crippen molar-refractivity contribution in [1.82, 2.24) is 0 Å². The van der Waals surface area contributed by atoms with Gasteiger partial charge in [0, 0.05) is 25.3 Å². The van der Waals surface area contributed by atoms with Crippen LogP contribution in [0.1, 0.15) is 10.4 Å². The fourth-order valence-electron chi connectivity index (χ4n) is 1.72. The van der Waals surface area contributed by atoms with Crippen molar-refractivity contribution in [1.29, 1.82) is 0 Å². The van der Waals surface area contributed by atoms with Crippen molar-refractivity contribution < 1.29 is 4.79 Å². The molecule has 0 fully saturated rings. The Morgan fingerprint density at radius 1 is 1.20 bits per heavy atom. The molecule has 1 amide bonds. The summed E-state index contributed by atoms with van der Waals surface area (Å²) in [5.74, 6) is -0.170. The van der Waals surface area contributed by atoms with Crippen LogP contribution < -0.4 is 10.2 Å². The van der Waals surface area contributed by atoms with Gasteiger partial charge < -0.3 is 10.2 Å². The van der Waals surface area contributed by atoms with Crippen LogP contribution >= 0.6 is 27.5 Å². The van der Waals surface area contributed by atoms with Gasteiger partial charge in [0.15, 0.2) is 0 Å². The van der Waals surface area contributed by atoms with Crippen molar-refractivity contribution in [3.63, 3.8) is 0 Å². The minimum absolute atomic E-state index is 0.170. The first-order chi connectivity index (χ1) is 9.49. The highest BCUT2D eigenvalue weighted by Gasteiger charge is 2.10. The zero-order valence-electron chi connectivity index (χ0n) is 11.2. The van der Waals surface area contributed by atoms with Crippen LogP contribution in [0.5, 0.6) is 0 Å². The molecule has 0 aliphatic heterocycles. The van der Waals surface area contributed by atoms with Gasteiger partial charge in [-0.05, 0) is 46.3 Å². The first-order valence-electron chi connectivity index (χ1n) is 6.02. The second-order valence-electron chi connectivity index (χ2n) is 4.50. The first-order valence-corrected chi connectivity index (χ1v) is 7.19. The van der Waals surface area contributed by atoms with Crippen molar-refractivity contribution in [2.45, 2.75) is 0 Å². The number of benzene rings is 2. The topological polar surface area (TPSA) is 32.3 Å². The predicted molar refractivity (Wildman–Crippen MR) is 87.9 cm³/mol. The molecule has 104 valence electrons. The van der Waals surface area contributed by atoms with E-state index in [-0.39, 0.29) is 5.91 Å². The van der Waals surface area contributed by atoms with Crippen molar-refractivity contribution >= 4 is 44.8 Å². The van der Waals surface area contributed by atoms with Crippen LogP contribution in [0.4, 0.5) is 11.4 Å². The van der Waals surface area contributed by atoms with E-state index >= 15 is 0 Å². The van der Waals surface area contributed by atoms with Crippen LogP contribution in [-0.2, 0) is 0 Å². The Morgan fingerprint density at radius 3 is 2.60 bits per heavy atom. The maximum atomic E-state index is 12.3. The summed E-state index contributed by atoms with van der Waals surface area (Å²) in [5.41, 5.74) is 2.23. The summed E-state index contributed by atoms with van der Waals surface area (Å²) in [5, 5.41) is 3.40. The van der Waals surface area contributed by atoms with E-state index in [0.29, 0.717) is 20.7 Å². The van der Waals surface area contributed by atoms with Gasteiger partial charge in [0.05, 0.1) is 15.2 Å². The van der Waals surface area contributed by atoms with Crippen molar-refractivity contribution in [2.75, 3.05) is 24.3 Å². The van der Waals surface area contributed by atoms with Crippen LogP contribution in [0, 0.1) is 0 Å². The van der Waals surface area contributed by atoms with Crippen LogP contribution in [0.2, 0.25) is 5.02 Å². The van der Waals surface area contributed by atoms with E-state index in [9.17, 15) is 4.79 Å². The molecular weight excluding hydrogens is 340 g/mol. The Hall–Kier alpha value is -1.52. The summed E-state index contributed by atoms with van der Waals surface area (Å²) in [4.78, 5) is 14.2. The number of amides is 1. The summed E-state index contributed by atoms with van der Waals surface area (Å²) in [6.07, 6.45) is 0. The number of hydrogen-bond donors (Lipinski definition) is 1. The van der Waals surface area contributed by atoms with E-state index < -0.39 is 0 Å². The summed E-state index contributed by atoms with van der Waals surface area (Å²) in [7, 11) is 3.87. The number of anilines is 2. The van der Waals surface area contributed by atoms with E-state index in [0.717, 1.165) is 5.69 Å². The summed E-state index contributed by atoms with van der Waals surface area (Å²) >= 11 is 9.37. The Balaban J connectivity index is 2.24. The molecule has 0 unspecified atom stereocenters. The SMILES string of the molecule is CN(C)c1cccc(C(=O)Nc2cccc(Cl)c2Br)c1. The Kier molecular flexibility index (Phi) is 4.68. The molecule has 0 radical (unpaired) electrons. The Labute approximate surface area is 131 Å². The zero-order chi connectivity index (χ0) is 14.7. The van der Waals surface area contributed by atoms with Gasteiger partial charge in [-0.1, -0.05) is 23.7 Å². The molecule has 0 spiro atoms. The molecule has 20 heavy (non-hydrogen) atoms. The normalized spacial score (nSPS) is 10.2. The Bertz CT molecular complexity index is 644. The molecule has 0 atom stereocenters. The number of hydrogen-bond acceptors (Lipinski definition) is 2. The van der Waals surface area contributed by atoms with Gasteiger partial charge in [-0.3, -0.25) is 4.79 Å². The smallest absolute Gasteiger partial charge is 0.255 e. The number of halogens is 2. The van der Waals surface area contributed by atoms with Gasteiger partial charge in [-0.15, -0.1) is 0 Å². The molecule has 2 aromatic carbocycles. The Morgan fingerprint density at radius 2 is 1.90 bits per heavy atom. The molecule has 2 rings (SSSR count). The van der Waals surface area contributed by atoms with Crippen molar-refractivity contribution in [3.05, 3.63) is 57.5 Å². The van der Waals surface area contributed by atoms with Crippen LogP contribution in [0.15, 0.2) is 46.9 Å². The van der Waals surface area contributed by atoms with E-state index in [1.165, 1.54) is 0 Å². The highest BCUT2D eigenvalue weighted by Crippen LogP contribution is 2.30. The molecule has 0 bridgehead atoms. The lowest BCUT2D eigenvalue weighted by molar-refractivity contribution is 0.102. The summed E-state index contributed by atoms with van der Waals surface area (Å²) in [6.45, 7) is 0. The number of nitrogens with zero attached hydrogens (tertiary/aromatic N) is 1. The quantitative estimate of drug-likeness (QED) is 0.886. The molecule has 5 heteroatoms. The molecule has 0 aromatic heterocycles. The average Bonchev–Trinajstić information content (AvgIpc) is 2.44. The second-order valence-corrected chi connectivity index (χ2v) is 5.70. The second kappa shape index (κ2) is 6.29. The predicted octanol–water partition coefficient (Wildman–Crippen LogP) is 4.42. The zero-order valence-corrected chi connectivity index (χ0v) is 13.5. The average molecular weight is 354 g/mol. The van der Waals surface area contributed by atoms with Crippen LogP contribution in [0.25, 0.3) is 0 Å². The third kappa shape index (κ3) is 3.32. The molecule has 0 aliphatic carbocycles. The third-order valence-electron chi connectivity index (χ3n) is 2.82. The number of nitrogens with one attached hydrogen (secondary N) is 1. The van der Waals surface area contributed by atoms with E-state index in [1.807, 2.05) is 37.2 Å². The number of rotatable bonds is 3. The monoisotopic (exact) mass is 352 g/mol.